The van der Waals surface area contributed by atoms with E-state index in [2.05, 4.69) is 13.8 Å². The van der Waals surface area contributed by atoms with Crippen LogP contribution < -0.4 is 4.90 Å². The molecule has 0 aliphatic carbocycles. The van der Waals surface area contributed by atoms with Gasteiger partial charge in [-0.2, -0.15) is 0 Å². The van der Waals surface area contributed by atoms with Crippen LogP contribution in [0.15, 0.2) is 18.2 Å². The average Bonchev–Trinajstić information content (AvgIpc) is 2.43. The molecule has 0 aliphatic rings. The van der Waals surface area contributed by atoms with Crippen LogP contribution in [0.5, 0.6) is 0 Å². The first kappa shape index (κ1) is 15.9. The Kier molecular flexibility index (Phi) is 5.49. The molecule has 1 aromatic rings. The van der Waals surface area contributed by atoms with Gasteiger partial charge in [-0.1, -0.05) is 20.3 Å². The maximum Gasteiger partial charge on any atom is 0.335 e. The van der Waals surface area contributed by atoms with Crippen molar-refractivity contribution in [3.05, 3.63) is 33.9 Å². The molecule has 0 bridgehead atoms. The fraction of sp³-hybridized carbons (Fsp3) is 0.500. The minimum absolute atomic E-state index is 0.0694. The van der Waals surface area contributed by atoms with Gasteiger partial charge in [-0.05, 0) is 25.0 Å². The molecule has 0 radical (unpaired) electrons. The summed E-state index contributed by atoms with van der Waals surface area (Å²) in [7, 11) is 0. The van der Waals surface area contributed by atoms with E-state index in [0.29, 0.717) is 24.7 Å². The number of carbonyl (C=O) groups is 1. The second kappa shape index (κ2) is 6.88. The van der Waals surface area contributed by atoms with Gasteiger partial charge in [-0.15, -0.1) is 0 Å². The first-order valence-corrected chi connectivity index (χ1v) is 6.67. The molecule has 20 heavy (non-hydrogen) atoms. The first-order valence-electron chi connectivity index (χ1n) is 6.67. The van der Waals surface area contributed by atoms with Crippen molar-refractivity contribution in [3.8, 4) is 0 Å². The van der Waals surface area contributed by atoms with Gasteiger partial charge in [-0.3, -0.25) is 10.1 Å². The Balaban J connectivity index is 3.20. The van der Waals surface area contributed by atoms with Crippen molar-refractivity contribution < 1.29 is 14.8 Å². The quantitative estimate of drug-likeness (QED) is 0.612. The lowest BCUT2D eigenvalue weighted by atomic mass is 10.1. The summed E-state index contributed by atoms with van der Waals surface area (Å²) in [6, 6.07) is 4.05. The van der Waals surface area contributed by atoms with Gasteiger partial charge in [0.2, 0.25) is 0 Å². The van der Waals surface area contributed by atoms with E-state index in [1.54, 1.807) is 0 Å². The lowest BCUT2D eigenvalue weighted by Gasteiger charge is -2.25. The SMILES string of the molecule is CCC(C)CN(CC)c1ccc(C(=O)O)cc1[N+](=O)[O-]. The van der Waals surface area contributed by atoms with E-state index < -0.39 is 10.9 Å². The zero-order chi connectivity index (χ0) is 15.3. The number of rotatable bonds is 7. The molecule has 0 fully saturated rings. The number of aromatic carboxylic acids is 1. The number of hydrogen-bond donors (Lipinski definition) is 1. The highest BCUT2D eigenvalue weighted by Gasteiger charge is 2.21. The third-order valence-electron chi connectivity index (χ3n) is 3.37. The van der Waals surface area contributed by atoms with E-state index >= 15 is 0 Å². The number of nitro benzene ring substituents is 1. The van der Waals surface area contributed by atoms with Crippen molar-refractivity contribution in [2.45, 2.75) is 27.2 Å². The summed E-state index contributed by atoms with van der Waals surface area (Å²) >= 11 is 0. The molecular formula is C14H20N2O4. The zero-order valence-electron chi connectivity index (χ0n) is 12.0. The van der Waals surface area contributed by atoms with Crippen LogP contribution in [0.4, 0.5) is 11.4 Å². The summed E-state index contributed by atoms with van der Waals surface area (Å²) in [6.07, 6.45) is 0.984. The highest BCUT2D eigenvalue weighted by atomic mass is 16.6. The van der Waals surface area contributed by atoms with Gasteiger partial charge in [0.25, 0.3) is 5.69 Å². The van der Waals surface area contributed by atoms with Gasteiger partial charge in [0.15, 0.2) is 0 Å². The first-order chi connectivity index (χ1) is 9.40. The molecule has 1 aromatic carbocycles. The Labute approximate surface area is 118 Å². The molecule has 0 amide bonds. The summed E-state index contributed by atoms with van der Waals surface area (Å²) in [6.45, 7) is 7.43. The predicted octanol–water partition coefficient (Wildman–Crippen LogP) is 3.17. The van der Waals surface area contributed by atoms with Crippen molar-refractivity contribution >= 4 is 17.3 Å². The van der Waals surface area contributed by atoms with Crippen LogP contribution in [0.25, 0.3) is 0 Å². The number of anilines is 1. The summed E-state index contributed by atoms with van der Waals surface area (Å²) in [4.78, 5) is 23.5. The van der Waals surface area contributed by atoms with Crippen LogP contribution >= 0.6 is 0 Å². The van der Waals surface area contributed by atoms with Crippen molar-refractivity contribution in [1.29, 1.82) is 0 Å². The Morgan fingerprint density at radius 1 is 1.45 bits per heavy atom. The smallest absolute Gasteiger partial charge is 0.335 e. The predicted molar refractivity (Wildman–Crippen MR) is 77.4 cm³/mol. The summed E-state index contributed by atoms with van der Waals surface area (Å²) in [5.41, 5.74) is 0.248. The maximum atomic E-state index is 11.2. The van der Waals surface area contributed by atoms with Crippen LogP contribution in [0, 0.1) is 16.0 Å². The van der Waals surface area contributed by atoms with E-state index in [1.165, 1.54) is 12.1 Å². The number of nitro groups is 1. The second-order valence-corrected chi connectivity index (χ2v) is 4.82. The van der Waals surface area contributed by atoms with E-state index in [4.69, 9.17) is 5.11 Å². The van der Waals surface area contributed by atoms with Crippen LogP contribution in [0.1, 0.15) is 37.6 Å². The monoisotopic (exact) mass is 280 g/mol. The van der Waals surface area contributed by atoms with Crippen LogP contribution in [-0.4, -0.2) is 29.1 Å². The lowest BCUT2D eigenvalue weighted by Crippen LogP contribution is -2.28. The van der Waals surface area contributed by atoms with Gasteiger partial charge in [-0.25, -0.2) is 4.79 Å². The van der Waals surface area contributed by atoms with E-state index in [-0.39, 0.29) is 11.3 Å². The Bertz CT molecular complexity index is 502. The molecule has 6 heteroatoms. The molecule has 6 nitrogen and oxygen atoms in total. The molecule has 1 N–H and O–H groups in total. The Morgan fingerprint density at radius 2 is 2.10 bits per heavy atom. The number of carboxylic acids is 1. The van der Waals surface area contributed by atoms with Gasteiger partial charge in [0.1, 0.15) is 5.69 Å². The zero-order valence-corrected chi connectivity index (χ0v) is 12.0. The third-order valence-corrected chi connectivity index (χ3v) is 3.37. The maximum absolute atomic E-state index is 11.2. The molecule has 0 saturated carbocycles. The molecule has 0 spiro atoms. The molecule has 0 heterocycles. The summed E-state index contributed by atoms with van der Waals surface area (Å²) in [5.74, 6) is -0.752. The molecule has 1 atom stereocenters. The Hall–Kier alpha value is -2.11. The topological polar surface area (TPSA) is 83.7 Å². The van der Waals surface area contributed by atoms with Crippen molar-refractivity contribution in [2.75, 3.05) is 18.0 Å². The van der Waals surface area contributed by atoms with E-state index in [1.807, 2.05) is 11.8 Å². The third kappa shape index (κ3) is 3.69. The normalized spacial score (nSPS) is 11.9. The van der Waals surface area contributed by atoms with Gasteiger partial charge in [0.05, 0.1) is 10.5 Å². The fourth-order valence-electron chi connectivity index (χ4n) is 1.97. The van der Waals surface area contributed by atoms with Crippen LogP contribution in [0.3, 0.4) is 0 Å². The van der Waals surface area contributed by atoms with Crippen molar-refractivity contribution in [2.24, 2.45) is 5.92 Å². The largest absolute Gasteiger partial charge is 0.478 e. The summed E-state index contributed by atoms with van der Waals surface area (Å²) in [5, 5.41) is 20.1. The average molecular weight is 280 g/mol. The van der Waals surface area contributed by atoms with Gasteiger partial charge < -0.3 is 10.0 Å². The minimum Gasteiger partial charge on any atom is -0.478 e. The minimum atomic E-state index is -1.16. The van der Waals surface area contributed by atoms with Crippen LogP contribution in [-0.2, 0) is 0 Å². The molecule has 0 aromatic heterocycles. The lowest BCUT2D eigenvalue weighted by molar-refractivity contribution is -0.384. The summed E-state index contributed by atoms with van der Waals surface area (Å²) < 4.78 is 0. The number of nitrogens with zero attached hydrogens (tertiary/aromatic N) is 2. The standard InChI is InChI=1S/C14H20N2O4/c1-4-10(3)9-15(5-2)12-7-6-11(14(17)18)8-13(12)16(19)20/h6-8,10H,4-5,9H2,1-3H3,(H,17,18). The molecule has 0 saturated heterocycles. The van der Waals surface area contributed by atoms with E-state index in [9.17, 15) is 14.9 Å². The molecule has 110 valence electrons. The van der Waals surface area contributed by atoms with Crippen LogP contribution in [0.2, 0.25) is 0 Å². The van der Waals surface area contributed by atoms with Gasteiger partial charge in [0, 0.05) is 19.2 Å². The molecule has 1 unspecified atom stereocenters. The number of benzene rings is 1. The molecule has 1 rings (SSSR count). The highest BCUT2D eigenvalue weighted by molar-refractivity contribution is 5.89. The fourth-order valence-corrected chi connectivity index (χ4v) is 1.97. The van der Waals surface area contributed by atoms with Crippen molar-refractivity contribution in [1.82, 2.24) is 0 Å². The number of hydrogen-bond acceptors (Lipinski definition) is 4. The molecular weight excluding hydrogens is 260 g/mol. The Morgan fingerprint density at radius 3 is 2.55 bits per heavy atom. The molecule has 0 aliphatic heterocycles. The van der Waals surface area contributed by atoms with Crippen molar-refractivity contribution in [3.63, 3.8) is 0 Å². The van der Waals surface area contributed by atoms with E-state index in [0.717, 1.165) is 12.5 Å². The van der Waals surface area contributed by atoms with Gasteiger partial charge >= 0.3 is 5.97 Å². The highest BCUT2D eigenvalue weighted by Crippen LogP contribution is 2.30. The second-order valence-electron chi connectivity index (χ2n) is 4.82. The number of carboxylic acid groups (broad SMARTS) is 1.